The molecule has 180 valence electrons. The molecule has 0 aliphatic carbocycles. The fraction of sp³-hybridized carbons (Fsp3) is 0.250. The summed E-state index contributed by atoms with van der Waals surface area (Å²) in [6.07, 6.45) is 1.96. The van der Waals surface area contributed by atoms with Crippen molar-refractivity contribution in [2.24, 2.45) is 0 Å². The lowest BCUT2D eigenvalue weighted by Crippen LogP contribution is -3.00. The number of non-ortho nitro benzene ring substituents is 2. The predicted molar refractivity (Wildman–Crippen MR) is 115 cm³/mol. The van der Waals surface area contributed by atoms with E-state index >= 15 is 0 Å². The van der Waals surface area contributed by atoms with Crippen molar-refractivity contribution in [3.63, 3.8) is 0 Å². The third kappa shape index (κ3) is 17.3. The van der Waals surface area contributed by atoms with E-state index in [9.17, 15) is 37.1 Å². The summed E-state index contributed by atoms with van der Waals surface area (Å²) in [7, 11) is -1.97. The van der Waals surface area contributed by atoms with Gasteiger partial charge in [0.05, 0.1) is 28.9 Å². The van der Waals surface area contributed by atoms with E-state index in [0.29, 0.717) is 12.1 Å². The van der Waals surface area contributed by atoms with Gasteiger partial charge in [-0.1, -0.05) is 24.3 Å². The average Bonchev–Trinajstić information content (AvgIpc) is 2.65. The van der Waals surface area contributed by atoms with E-state index < -0.39 is 28.9 Å². The second-order valence-electron chi connectivity index (χ2n) is 5.88. The molecule has 0 unspecified atom stereocenters. The quantitative estimate of drug-likeness (QED) is 0.246. The number of nitro benzene ring substituents is 2. The maximum atomic E-state index is 10.8. The highest BCUT2D eigenvalue weighted by Crippen LogP contribution is 2.13. The van der Waals surface area contributed by atoms with Crippen LogP contribution < -0.4 is 22.9 Å². The molecule has 0 saturated heterocycles. The van der Waals surface area contributed by atoms with E-state index in [4.69, 9.17) is 0 Å². The van der Waals surface area contributed by atoms with Crippen LogP contribution in [0.15, 0.2) is 48.5 Å². The average molecular weight is 533 g/mol. The highest BCUT2D eigenvalue weighted by atomic mass is 35.7. The van der Waals surface area contributed by atoms with Crippen molar-refractivity contribution in [3.8, 4) is 0 Å². The van der Waals surface area contributed by atoms with Crippen LogP contribution in [0.25, 0.3) is 0 Å². The van der Waals surface area contributed by atoms with Gasteiger partial charge in [-0.05, 0) is 5.56 Å². The molecule has 0 aromatic heterocycles. The zero-order valence-electron chi connectivity index (χ0n) is 17.0. The molecule has 0 atom stereocenters. The van der Waals surface area contributed by atoms with Gasteiger partial charge in [0.2, 0.25) is 19.1 Å². The molecule has 2 aromatic rings. The summed E-state index contributed by atoms with van der Waals surface area (Å²) in [5, 5.41) is 20.7. The molecule has 0 bridgehead atoms. The Morgan fingerprint density at radius 3 is 1.62 bits per heavy atom. The minimum atomic E-state index is -3.28. The smallest absolute Gasteiger partial charge is 0.269 e. The molecule has 0 amide bonds. The van der Waals surface area contributed by atoms with Crippen LogP contribution in [-0.2, 0) is 32.2 Å². The second-order valence-corrected chi connectivity index (χ2v) is 10.8. The van der Waals surface area contributed by atoms with Gasteiger partial charge in [-0.25, -0.2) is 21.6 Å². The van der Waals surface area contributed by atoms with Crippen molar-refractivity contribution in [2.45, 2.75) is 13.1 Å². The Morgan fingerprint density at radius 2 is 1.28 bits per heavy atom. The van der Waals surface area contributed by atoms with Crippen molar-refractivity contribution in [3.05, 3.63) is 79.9 Å². The molecule has 0 aliphatic heterocycles. The molecule has 0 saturated carbocycles. The third-order valence-electron chi connectivity index (χ3n) is 3.07. The standard InChI is InChI=1S/C8H10N2O4S.C7H8N2O2.CH3ClO2S.ClH/c1-15(13,14)9-6-7-3-2-4-8(5-7)10(11)12;8-5-6-2-1-3-7(4-6)9(10)11;1-5(2,3)4;/h2-5,9H,6H2,1H3;1-4H,5,8H2;1H3;1H. The number of nitro groups is 2. The van der Waals surface area contributed by atoms with Gasteiger partial charge in [-0.2, -0.15) is 0 Å². The summed E-state index contributed by atoms with van der Waals surface area (Å²) in [5.74, 6) is 0. The van der Waals surface area contributed by atoms with Crippen LogP contribution in [0.2, 0.25) is 0 Å². The summed E-state index contributed by atoms with van der Waals surface area (Å²) in [6, 6.07) is 12.3. The molecular weight excluding hydrogens is 511 g/mol. The number of hydrogen-bond donors (Lipinski definition) is 2. The molecule has 2 aromatic carbocycles. The van der Waals surface area contributed by atoms with Crippen LogP contribution in [0, 0.1) is 20.2 Å². The van der Waals surface area contributed by atoms with Gasteiger partial charge in [0, 0.05) is 47.1 Å². The highest BCUT2D eigenvalue weighted by Gasteiger charge is 2.07. The molecule has 0 heterocycles. The highest BCUT2D eigenvalue weighted by molar-refractivity contribution is 8.13. The lowest BCUT2D eigenvalue weighted by Gasteiger charge is -2.01. The normalized spacial score (nSPS) is 10.4. The first-order valence-electron chi connectivity index (χ1n) is 8.22. The fourth-order valence-corrected chi connectivity index (χ4v) is 2.25. The van der Waals surface area contributed by atoms with Crippen LogP contribution in [0.4, 0.5) is 11.4 Å². The zero-order valence-corrected chi connectivity index (χ0v) is 20.1. The van der Waals surface area contributed by atoms with Gasteiger partial charge >= 0.3 is 0 Å². The van der Waals surface area contributed by atoms with Crippen molar-refractivity contribution in [1.29, 1.82) is 0 Å². The molecule has 0 fully saturated rings. The third-order valence-corrected chi connectivity index (χ3v) is 3.74. The fourth-order valence-electron chi connectivity index (χ4n) is 1.82. The number of halogens is 2. The molecule has 4 N–H and O–H groups in total. The Hall–Kier alpha value is -2.36. The zero-order chi connectivity index (χ0) is 24.2. The summed E-state index contributed by atoms with van der Waals surface area (Å²) in [4.78, 5) is 19.7. The number of nitrogens with zero attached hydrogens (tertiary/aromatic N) is 2. The SMILES string of the molecule is CS(=O)(=O)Cl.CS(=O)(=O)NCc1cccc([N+](=O)[O-])c1.[Cl-].[NH3+]Cc1cccc([N+](=O)[O-])c1. The Labute approximate surface area is 196 Å². The predicted octanol–water partition coefficient (Wildman–Crippen LogP) is -1.83. The van der Waals surface area contributed by atoms with E-state index in [0.717, 1.165) is 18.1 Å². The first kappa shape index (κ1) is 31.8. The van der Waals surface area contributed by atoms with Gasteiger partial charge in [-0.15, -0.1) is 0 Å². The largest absolute Gasteiger partial charge is 1.00 e. The molecule has 2 rings (SSSR count). The summed E-state index contributed by atoms with van der Waals surface area (Å²) < 4.78 is 42.6. The molecule has 0 spiro atoms. The maximum absolute atomic E-state index is 10.8. The maximum Gasteiger partial charge on any atom is 0.269 e. The number of nitrogens with one attached hydrogen (secondary N) is 1. The molecule has 0 aliphatic rings. The van der Waals surface area contributed by atoms with Crippen LogP contribution >= 0.6 is 10.7 Å². The summed E-state index contributed by atoms with van der Waals surface area (Å²) in [5.41, 5.74) is 5.15. The Balaban J connectivity index is 0. The van der Waals surface area contributed by atoms with Crippen molar-refractivity contribution in [1.82, 2.24) is 4.72 Å². The topological polar surface area (TPSA) is 194 Å². The number of sulfonamides is 1. The lowest BCUT2D eigenvalue weighted by molar-refractivity contribution is -0.390. The molecule has 16 heteroatoms. The number of benzene rings is 2. The van der Waals surface area contributed by atoms with Crippen molar-refractivity contribution < 1.29 is 44.8 Å². The number of rotatable bonds is 6. The first-order chi connectivity index (χ1) is 14.1. The van der Waals surface area contributed by atoms with E-state index in [1.807, 2.05) is 6.07 Å². The van der Waals surface area contributed by atoms with Crippen LogP contribution in [0.3, 0.4) is 0 Å². The first-order valence-corrected chi connectivity index (χ1v) is 12.8. The van der Waals surface area contributed by atoms with Crippen molar-refractivity contribution in [2.75, 3.05) is 12.5 Å². The van der Waals surface area contributed by atoms with E-state index in [-0.39, 0.29) is 30.3 Å². The monoisotopic (exact) mass is 532 g/mol. The van der Waals surface area contributed by atoms with Gasteiger partial charge in [-0.3, -0.25) is 20.2 Å². The summed E-state index contributed by atoms with van der Waals surface area (Å²) in [6.45, 7) is 0.641. The van der Waals surface area contributed by atoms with Gasteiger partial charge in [0.15, 0.2) is 0 Å². The van der Waals surface area contributed by atoms with E-state index in [1.165, 1.54) is 30.3 Å². The van der Waals surface area contributed by atoms with Crippen LogP contribution in [-0.4, -0.2) is 39.2 Å². The van der Waals surface area contributed by atoms with E-state index in [1.54, 1.807) is 12.1 Å². The Kier molecular flexibility index (Phi) is 14.6. The van der Waals surface area contributed by atoms with Crippen molar-refractivity contribution >= 4 is 41.1 Å². The summed E-state index contributed by atoms with van der Waals surface area (Å²) >= 11 is 0. The minimum Gasteiger partial charge on any atom is -1.00 e. The van der Waals surface area contributed by atoms with Gasteiger partial charge in [0.1, 0.15) is 0 Å². The molecule has 12 nitrogen and oxygen atoms in total. The molecule has 0 radical (unpaired) electrons. The minimum absolute atomic E-state index is 0. The lowest BCUT2D eigenvalue weighted by atomic mass is 10.2. The molecule has 32 heavy (non-hydrogen) atoms. The Morgan fingerprint density at radius 1 is 0.906 bits per heavy atom. The van der Waals surface area contributed by atoms with Crippen LogP contribution in [0.1, 0.15) is 11.1 Å². The Bertz CT molecular complexity index is 1100. The number of quaternary nitrogens is 1. The van der Waals surface area contributed by atoms with Gasteiger partial charge in [0.25, 0.3) is 11.4 Å². The van der Waals surface area contributed by atoms with E-state index in [2.05, 4.69) is 21.1 Å². The molecular formula is C16H22Cl2N4O8S2. The van der Waals surface area contributed by atoms with Gasteiger partial charge < -0.3 is 18.1 Å². The second kappa shape index (κ2) is 14.7. The number of hydrogen-bond acceptors (Lipinski definition) is 8. The van der Waals surface area contributed by atoms with Crippen LogP contribution in [0.5, 0.6) is 0 Å².